The minimum Gasteiger partial charge on any atom is -0.463 e. The average molecular weight is 254 g/mol. The van der Waals surface area contributed by atoms with Gasteiger partial charge in [0.05, 0.1) is 0 Å². The molecule has 0 N–H and O–H groups in total. The molecule has 2 aliphatic heterocycles. The van der Waals surface area contributed by atoms with Gasteiger partial charge in [-0.2, -0.15) is 0 Å². The van der Waals surface area contributed by atoms with Gasteiger partial charge in [0.2, 0.25) is 0 Å². The lowest BCUT2D eigenvalue weighted by molar-refractivity contribution is -0.187. The van der Waals surface area contributed by atoms with Gasteiger partial charge < -0.3 is 18.9 Å². The van der Waals surface area contributed by atoms with Crippen LogP contribution < -0.4 is 0 Å². The quantitative estimate of drug-likeness (QED) is 0.540. The molecule has 2 aliphatic rings. The van der Waals surface area contributed by atoms with Gasteiger partial charge in [0.1, 0.15) is 31.0 Å². The molecule has 0 radical (unpaired) electrons. The lowest BCUT2D eigenvalue weighted by Gasteiger charge is -2.22. The third-order valence-corrected chi connectivity index (χ3v) is 2.89. The van der Waals surface area contributed by atoms with Crippen LogP contribution >= 0.6 is 0 Å². The molecule has 2 saturated heterocycles. The Hall–Kier alpha value is -1.09. The van der Waals surface area contributed by atoms with Crippen LogP contribution in [0.25, 0.3) is 0 Å². The SMILES string of the molecule is CC#C[C@@H]1O[C@H](COC(C)=O)[C@H]2OC(C)(C)O[C@H]21. The molecular weight excluding hydrogens is 236 g/mol. The molecule has 0 aromatic rings. The fourth-order valence-corrected chi connectivity index (χ4v) is 2.27. The van der Waals surface area contributed by atoms with E-state index < -0.39 is 5.79 Å². The summed E-state index contributed by atoms with van der Waals surface area (Å²) >= 11 is 0. The number of hydrogen-bond donors (Lipinski definition) is 0. The van der Waals surface area contributed by atoms with Gasteiger partial charge in [-0.05, 0) is 20.8 Å². The monoisotopic (exact) mass is 254 g/mol. The summed E-state index contributed by atoms with van der Waals surface area (Å²) in [5.74, 6) is 4.78. The van der Waals surface area contributed by atoms with Crippen molar-refractivity contribution in [1.82, 2.24) is 0 Å². The number of fused-ring (bicyclic) bond motifs is 1. The normalized spacial score (nSPS) is 36.7. The standard InChI is InChI=1S/C13H18O5/c1-5-6-9-11-12(18-13(3,4)17-11)10(16-9)7-15-8(2)14/h9-12H,7H2,1-4H3/t9-,10+,11-,12+/m0/s1. The van der Waals surface area contributed by atoms with Gasteiger partial charge in [-0.15, -0.1) is 5.92 Å². The van der Waals surface area contributed by atoms with Crippen molar-refractivity contribution in [3.05, 3.63) is 0 Å². The zero-order valence-corrected chi connectivity index (χ0v) is 11.1. The van der Waals surface area contributed by atoms with Crippen molar-refractivity contribution in [1.29, 1.82) is 0 Å². The van der Waals surface area contributed by atoms with Crippen molar-refractivity contribution in [2.24, 2.45) is 0 Å². The number of carbonyl (C=O) groups is 1. The number of rotatable bonds is 2. The number of ether oxygens (including phenoxy) is 4. The Labute approximate surface area is 107 Å². The van der Waals surface area contributed by atoms with Crippen molar-refractivity contribution in [3.8, 4) is 11.8 Å². The van der Waals surface area contributed by atoms with Crippen LogP contribution in [0.1, 0.15) is 27.7 Å². The summed E-state index contributed by atoms with van der Waals surface area (Å²) in [5.41, 5.74) is 0. The van der Waals surface area contributed by atoms with E-state index in [1.807, 2.05) is 13.8 Å². The molecular formula is C13H18O5. The van der Waals surface area contributed by atoms with Crippen molar-refractivity contribution < 1.29 is 23.7 Å². The highest BCUT2D eigenvalue weighted by atomic mass is 16.8. The van der Waals surface area contributed by atoms with Gasteiger partial charge in [0, 0.05) is 6.92 Å². The Kier molecular flexibility index (Phi) is 3.62. The van der Waals surface area contributed by atoms with Crippen molar-refractivity contribution >= 4 is 5.97 Å². The maximum Gasteiger partial charge on any atom is 0.302 e. The largest absolute Gasteiger partial charge is 0.463 e. The third-order valence-electron chi connectivity index (χ3n) is 2.89. The molecule has 2 fully saturated rings. The van der Waals surface area contributed by atoms with Crippen LogP contribution in [0, 0.1) is 11.8 Å². The van der Waals surface area contributed by atoms with Gasteiger partial charge in [0.25, 0.3) is 0 Å². The van der Waals surface area contributed by atoms with E-state index in [4.69, 9.17) is 18.9 Å². The Balaban J connectivity index is 2.08. The highest BCUT2D eigenvalue weighted by molar-refractivity contribution is 5.65. The summed E-state index contributed by atoms with van der Waals surface area (Å²) in [5, 5.41) is 0. The predicted molar refractivity (Wildman–Crippen MR) is 62.6 cm³/mol. The van der Waals surface area contributed by atoms with E-state index in [0.717, 1.165) is 0 Å². The number of carbonyl (C=O) groups excluding carboxylic acids is 1. The molecule has 0 amide bonds. The van der Waals surface area contributed by atoms with Gasteiger partial charge in [-0.25, -0.2) is 0 Å². The summed E-state index contributed by atoms with van der Waals surface area (Å²) in [6, 6.07) is 0. The second-order valence-corrected chi connectivity index (χ2v) is 4.86. The number of esters is 1. The molecule has 4 atom stereocenters. The fraction of sp³-hybridized carbons (Fsp3) is 0.769. The summed E-state index contributed by atoms with van der Waals surface area (Å²) in [4.78, 5) is 10.8. The van der Waals surface area contributed by atoms with Gasteiger partial charge in [-0.1, -0.05) is 5.92 Å². The van der Waals surface area contributed by atoms with Gasteiger partial charge in [-0.3, -0.25) is 4.79 Å². The lowest BCUT2D eigenvalue weighted by Crippen LogP contribution is -2.33. The Morgan fingerprint density at radius 2 is 2.00 bits per heavy atom. The molecule has 5 heteroatoms. The van der Waals surface area contributed by atoms with E-state index in [2.05, 4.69) is 11.8 Å². The van der Waals surface area contributed by atoms with E-state index in [9.17, 15) is 4.79 Å². The predicted octanol–water partition coefficient (Wildman–Crippen LogP) is 0.860. The molecule has 0 saturated carbocycles. The minimum atomic E-state index is -0.652. The molecule has 2 rings (SSSR count). The van der Waals surface area contributed by atoms with E-state index in [0.29, 0.717) is 0 Å². The Bertz CT molecular complexity index is 392. The Morgan fingerprint density at radius 3 is 2.61 bits per heavy atom. The molecule has 0 aromatic carbocycles. The van der Waals surface area contributed by atoms with Crippen molar-refractivity contribution in [2.45, 2.75) is 57.9 Å². The van der Waals surface area contributed by atoms with E-state index in [-0.39, 0.29) is 37.0 Å². The molecule has 2 heterocycles. The molecule has 5 nitrogen and oxygen atoms in total. The zero-order valence-electron chi connectivity index (χ0n) is 11.1. The first-order valence-corrected chi connectivity index (χ1v) is 5.99. The van der Waals surface area contributed by atoms with Crippen LogP contribution in [-0.4, -0.2) is 42.8 Å². The summed E-state index contributed by atoms with van der Waals surface area (Å²) in [7, 11) is 0. The topological polar surface area (TPSA) is 54.0 Å². The molecule has 100 valence electrons. The molecule has 0 aromatic heterocycles. The second-order valence-electron chi connectivity index (χ2n) is 4.86. The van der Waals surface area contributed by atoms with E-state index >= 15 is 0 Å². The highest BCUT2D eigenvalue weighted by Gasteiger charge is 2.55. The molecule has 18 heavy (non-hydrogen) atoms. The average Bonchev–Trinajstić information content (AvgIpc) is 2.71. The first-order valence-electron chi connectivity index (χ1n) is 5.99. The molecule has 0 unspecified atom stereocenters. The zero-order chi connectivity index (χ0) is 13.3. The minimum absolute atomic E-state index is 0.165. The Morgan fingerprint density at radius 1 is 1.33 bits per heavy atom. The van der Waals surface area contributed by atoms with Crippen LogP contribution in [-0.2, 0) is 23.7 Å². The highest BCUT2D eigenvalue weighted by Crippen LogP contribution is 2.38. The first-order chi connectivity index (χ1) is 8.43. The summed E-state index contributed by atoms with van der Waals surface area (Å²) < 4.78 is 22.3. The number of hydrogen-bond acceptors (Lipinski definition) is 5. The first kappa shape index (κ1) is 13.3. The molecule has 0 spiro atoms. The molecule has 0 aliphatic carbocycles. The summed E-state index contributed by atoms with van der Waals surface area (Å²) in [6.07, 6.45) is -1.13. The van der Waals surface area contributed by atoms with Crippen LogP contribution in [0.3, 0.4) is 0 Å². The summed E-state index contributed by atoms with van der Waals surface area (Å²) in [6.45, 7) is 6.98. The van der Waals surface area contributed by atoms with Crippen LogP contribution in [0.4, 0.5) is 0 Å². The maximum atomic E-state index is 10.8. The second kappa shape index (κ2) is 4.88. The smallest absolute Gasteiger partial charge is 0.302 e. The van der Waals surface area contributed by atoms with Crippen molar-refractivity contribution in [3.63, 3.8) is 0 Å². The fourth-order valence-electron chi connectivity index (χ4n) is 2.27. The maximum absolute atomic E-state index is 10.8. The van der Waals surface area contributed by atoms with E-state index in [1.54, 1.807) is 6.92 Å². The van der Waals surface area contributed by atoms with Gasteiger partial charge in [0.15, 0.2) is 5.79 Å². The van der Waals surface area contributed by atoms with E-state index in [1.165, 1.54) is 6.92 Å². The van der Waals surface area contributed by atoms with Crippen molar-refractivity contribution in [2.75, 3.05) is 6.61 Å². The van der Waals surface area contributed by atoms with Crippen LogP contribution in [0.15, 0.2) is 0 Å². The van der Waals surface area contributed by atoms with Crippen LogP contribution in [0.2, 0.25) is 0 Å². The third kappa shape index (κ3) is 2.66. The lowest BCUT2D eigenvalue weighted by atomic mass is 10.1. The molecule has 0 bridgehead atoms. The van der Waals surface area contributed by atoms with Gasteiger partial charge >= 0.3 is 5.97 Å². The van der Waals surface area contributed by atoms with Crippen LogP contribution in [0.5, 0.6) is 0 Å².